The quantitative estimate of drug-likeness (QED) is 0.912. The van der Waals surface area contributed by atoms with Crippen LogP contribution in [0.2, 0.25) is 0 Å². The number of aliphatic hydroxyl groups is 1. The second kappa shape index (κ2) is 5.55. The lowest BCUT2D eigenvalue weighted by atomic mass is 10.1. The van der Waals surface area contributed by atoms with Crippen molar-refractivity contribution in [3.05, 3.63) is 29.8 Å². The zero-order chi connectivity index (χ0) is 12.3. The summed E-state index contributed by atoms with van der Waals surface area (Å²) >= 11 is 3.72. The first-order valence-electron chi connectivity index (χ1n) is 5.75. The van der Waals surface area contributed by atoms with Crippen LogP contribution in [0.3, 0.4) is 0 Å². The van der Waals surface area contributed by atoms with E-state index in [1.165, 1.54) is 6.42 Å². The van der Waals surface area contributed by atoms with Crippen LogP contribution in [-0.2, 0) is 0 Å². The third-order valence-electron chi connectivity index (χ3n) is 2.99. The molecule has 0 aliphatic carbocycles. The molecule has 17 heavy (non-hydrogen) atoms. The summed E-state index contributed by atoms with van der Waals surface area (Å²) in [5.41, 5.74) is 0.968. The van der Waals surface area contributed by atoms with Gasteiger partial charge in [0, 0.05) is 0 Å². The van der Waals surface area contributed by atoms with Gasteiger partial charge < -0.3 is 9.84 Å². The molecule has 1 aliphatic rings. The predicted octanol–water partition coefficient (Wildman–Crippen LogP) is 3.31. The highest BCUT2D eigenvalue weighted by Crippen LogP contribution is 2.49. The summed E-state index contributed by atoms with van der Waals surface area (Å²) in [6.45, 7) is 2.14. The fraction of sp³-hybridized carbons (Fsp3) is 0.538. The van der Waals surface area contributed by atoms with E-state index in [0.717, 1.165) is 22.8 Å². The predicted molar refractivity (Wildman–Crippen MR) is 75.9 cm³/mol. The van der Waals surface area contributed by atoms with Crippen LogP contribution in [0.1, 0.15) is 25.0 Å². The molecule has 1 aliphatic heterocycles. The normalized spacial score (nSPS) is 20.9. The van der Waals surface area contributed by atoms with Crippen LogP contribution in [0, 0.1) is 0 Å². The number of hydrogen-bond acceptors (Lipinski definition) is 4. The summed E-state index contributed by atoms with van der Waals surface area (Å²) in [5, 5.41) is 10.5. The van der Waals surface area contributed by atoms with Crippen molar-refractivity contribution in [2.45, 2.75) is 23.5 Å². The zero-order valence-corrected chi connectivity index (χ0v) is 11.8. The number of thioether (sulfide) groups is 2. The van der Waals surface area contributed by atoms with Gasteiger partial charge in [0.25, 0.3) is 0 Å². The van der Waals surface area contributed by atoms with Gasteiger partial charge in [0.1, 0.15) is 11.9 Å². The Labute approximate surface area is 111 Å². The molecule has 0 aromatic heterocycles. The summed E-state index contributed by atoms with van der Waals surface area (Å²) < 4.78 is 5.01. The molecule has 0 saturated carbocycles. The molecule has 1 unspecified atom stereocenters. The molecule has 1 heterocycles. The molecular formula is C13H18O2S2. The van der Waals surface area contributed by atoms with Crippen molar-refractivity contribution in [1.82, 2.24) is 0 Å². The van der Waals surface area contributed by atoms with Crippen LogP contribution in [-0.4, -0.2) is 27.8 Å². The largest absolute Gasteiger partial charge is 0.497 e. The van der Waals surface area contributed by atoms with E-state index in [4.69, 9.17) is 4.74 Å². The fourth-order valence-electron chi connectivity index (χ4n) is 1.90. The molecular weight excluding hydrogens is 252 g/mol. The molecule has 1 fully saturated rings. The van der Waals surface area contributed by atoms with Gasteiger partial charge in [0.05, 0.1) is 11.2 Å². The van der Waals surface area contributed by atoms with E-state index >= 15 is 0 Å². The summed E-state index contributed by atoms with van der Waals surface area (Å²) in [6, 6.07) is 7.70. The van der Waals surface area contributed by atoms with Crippen molar-refractivity contribution >= 4 is 23.5 Å². The minimum absolute atomic E-state index is 0.118. The summed E-state index contributed by atoms with van der Waals surface area (Å²) in [4.78, 5) is 0. The van der Waals surface area contributed by atoms with Gasteiger partial charge in [-0.15, -0.1) is 23.5 Å². The second-order valence-corrected chi connectivity index (χ2v) is 7.59. The lowest BCUT2D eigenvalue weighted by Gasteiger charge is -2.36. The van der Waals surface area contributed by atoms with Crippen molar-refractivity contribution in [2.75, 3.05) is 18.6 Å². The van der Waals surface area contributed by atoms with Crippen LogP contribution < -0.4 is 4.74 Å². The number of ether oxygens (including phenoxy) is 1. The number of benzene rings is 1. The fourth-order valence-corrected chi connectivity index (χ4v) is 4.89. The van der Waals surface area contributed by atoms with Gasteiger partial charge in [0.2, 0.25) is 0 Å². The van der Waals surface area contributed by atoms with Gasteiger partial charge in [-0.05, 0) is 42.5 Å². The maximum absolute atomic E-state index is 10.5. The van der Waals surface area contributed by atoms with Crippen molar-refractivity contribution in [3.8, 4) is 5.75 Å². The molecule has 0 amide bonds. The van der Waals surface area contributed by atoms with E-state index < -0.39 is 6.10 Å². The van der Waals surface area contributed by atoms with Crippen molar-refractivity contribution in [1.29, 1.82) is 0 Å². The lowest BCUT2D eigenvalue weighted by molar-refractivity contribution is 0.169. The van der Waals surface area contributed by atoms with Crippen molar-refractivity contribution < 1.29 is 9.84 Å². The maximum Gasteiger partial charge on any atom is 0.118 e. The smallest absolute Gasteiger partial charge is 0.118 e. The minimum atomic E-state index is -0.427. The van der Waals surface area contributed by atoms with Gasteiger partial charge >= 0.3 is 0 Å². The van der Waals surface area contributed by atoms with Crippen LogP contribution in [0.5, 0.6) is 5.75 Å². The second-order valence-electron chi connectivity index (χ2n) is 4.24. The van der Waals surface area contributed by atoms with Gasteiger partial charge in [-0.25, -0.2) is 0 Å². The summed E-state index contributed by atoms with van der Waals surface area (Å²) in [5.74, 6) is 3.10. The first-order chi connectivity index (χ1) is 8.15. The highest BCUT2D eigenvalue weighted by molar-refractivity contribution is 8.18. The Balaban J connectivity index is 2.14. The van der Waals surface area contributed by atoms with E-state index in [1.54, 1.807) is 7.11 Å². The maximum atomic E-state index is 10.5. The average molecular weight is 270 g/mol. The standard InChI is InChI=1S/C13H18O2S2/c1-13(16-8-3-9-17-13)12(14)10-4-6-11(15-2)7-5-10/h4-7,12,14H,3,8-9H2,1-2H3. The highest BCUT2D eigenvalue weighted by Gasteiger charge is 2.36. The first kappa shape index (κ1) is 13.1. The van der Waals surface area contributed by atoms with Crippen molar-refractivity contribution in [3.63, 3.8) is 0 Å². The molecule has 1 aromatic carbocycles. The molecule has 94 valence electrons. The van der Waals surface area contributed by atoms with Gasteiger partial charge in [-0.3, -0.25) is 0 Å². The average Bonchev–Trinajstić information content (AvgIpc) is 2.39. The monoisotopic (exact) mass is 270 g/mol. The molecule has 4 heteroatoms. The lowest BCUT2D eigenvalue weighted by Crippen LogP contribution is -2.29. The summed E-state index contributed by atoms with van der Waals surface area (Å²) in [7, 11) is 1.65. The number of hydrogen-bond donors (Lipinski definition) is 1. The van der Waals surface area contributed by atoms with Crippen LogP contribution in [0.4, 0.5) is 0 Å². The van der Waals surface area contributed by atoms with Crippen LogP contribution in [0.15, 0.2) is 24.3 Å². The molecule has 1 N–H and O–H groups in total. The van der Waals surface area contributed by atoms with Gasteiger partial charge in [0.15, 0.2) is 0 Å². The molecule has 2 nitrogen and oxygen atoms in total. The van der Waals surface area contributed by atoms with E-state index in [2.05, 4.69) is 6.92 Å². The van der Waals surface area contributed by atoms with Gasteiger partial charge in [-0.2, -0.15) is 0 Å². The Morgan fingerprint density at radius 3 is 2.35 bits per heavy atom. The molecule has 1 aromatic rings. The van der Waals surface area contributed by atoms with Crippen LogP contribution >= 0.6 is 23.5 Å². The Bertz CT molecular complexity index is 358. The Morgan fingerprint density at radius 2 is 1.82 bits per heavy atom. The highest BCUT2D eigenvalue weighted by atomic mass is 32.2. The minimum Gasteiger partial charge on any atom is -0.497 e. The number of aliphatic hydroxyl groups excluding tert-OH is 1. The Hall–Kier alpha value is -0.320. The third kappa shape index (κ3) is 2.92. The Morgan fingerprint density at radius 1 is 1.24 bits per heavy atom. The molecule has 0 bridgehead atoms. The van der Waals surface area contributed by atoms with E-state index in [9.17, 15) is 5.11 Å². The SMILES string of the molecule is COc1ccc(C(O)C2(C)SCCCS2)cc1. The van der Waals surface area contributed by atoms with Crippen LogP contribution in [0.25, 0.3) is 0 Å². The van der Waals surface area contributed by atoms with Crippen molar-refractivity contribution in [2.24, 2.45) is 0 Å². The topological polar surface area (TPSA) is 29.5 Å². The molecule has 0 spiro atoms. The van der Waals surface area contributed by atoms with Gasteiger partial charge in [-0.1, -0.05) is 12.1 Å². The number of methoxy groups -OCH3 is 1. The molecule has 0 radical (unpaired) electrons. The third-order valence-corrected chi connectivity index (χ3v) is 6.28. The van der Waals surface area contributed by atoms with E-state index in [-0.39, 0.29) is 4.08 Å². The molecule has 1 atom stereocenters. The Kier molecular flexibility index (Phi) is 4.28. The molecule has 1 saturated heterocycles. The molecule has 2 rings (SSSR count). The van der Waals surface area contributed by atoms with E-state index in [1.807, 2.05) is 47.8 Å². The van der Waals surface area contributed by atoms with E-state index in [0.29, 0.717) is 0 Å². The zero-order valence-electron chi connectivity index (χ0n) is 10.2. The first-order valence-corrected chi connectivity index (χ1v) is 7.73. The summed E-state index contributed by atoms with van der Waals surface area (Å²) in [6.07, 6.45) is 0.809. The number of rotatable bonds is 3.